The van der Waals surface area contributed by atoms with Gasteiger partial charge in [0.25, 0.3) is 5.91 Å². The topological polar surface area (TPSA) is 74.1 Å². The fourth-order valence-electron chi connectivity index (χ4n) is 2.96. The molecular weight excluding hydrogens is 264 g/mol. The van der Waals surface area contributed by atoms with Crippen molar-refractivity contribution in [3.8, 4) is 0 Å². The highest BCUT2D eigenvalue weighted by Gasteiger charge is 2.24. The molecule has 1 fully saturated rings. The van der Waals surface area contributed by atoms with Crippen LogP contribution >= 0.6 is 0 Å². The number of nitrogens with zero attached hydrogens (tertiary/aromatic N) is 1. The molecule has 0 aliphatic carbocycles. The van der Waals surface area contributed by atoms with Crippen LogP contribution in [0.25, 0.3) is 10.9 Å². The number of amides is 1. The summed E-state index contributed by atoms with van der Waals surface area (Å²) in [5.74, 6) is -0.0356. The van der Waals surface area contributed by atoms with E-state index in [0.717, 1.165) is 30.3 Å². The van der Waals surface area contributed by atoms with Crippen LogP contribution in [-0.4, -0.2) is 41.5 Å². The Morgan fingerprint density at radius 2 is 2.24 bits per heavy atom. The molecule has 21 heavy (non-hydrogen) atoms. The van der Waals surface area contributed by atoms with Gasteiger partial charge in [-0.15, -0.1) is 0 Å². The first-order valence-corrected chi connectivity index (χ1v) is 7.42. The Morgan fingerprint density at radius 1 is 1.43 bits per heavy atom. The smallest absolute Gasteiger partial charge is 0.267 e. The first-order chi connectivity index (χ1) is 10.0. The van der Waals surface area contributed by atoms with Gasteiger partial charge in [0.2, 0.25) is 0 Å². The molecular formula is C16H22N4O. The van der Waals surface area contributed by atoms with Crippen LogP contribution in [-0.2, 0) is 0 Å². The van der Waals surface area contributed by atoms with E-state index in [9.17, 15) is 4.79 Å². The second-order valence-corrected chi connectivity index (χ2v) is 6.05. The van der Waals surface area contributed by atoms with Gasteiger partial charge in [-0.3, -0.25) is 4.79 Å². The number of H-pyrrole nitrogens is 1. The number of likely N-dealkylation sites (tertiary alicyclic amines) is 1. The summed E-state index contributed by atoms with van der Waals surface area (Å²) in [6.45, 7) is 3.22. The number of hydrogen-bond donors (Lipinski definition) is 3. The summed E-state index contributed by atoms with van der Waals surface area (Å²) < 4.78 is 0. The largest absolute Gasteiger partial charge is 0.399 e. The number of aromatic nitrogens is 1. The average Bonchev–Trinajstić information content (AvgIpc) is 2.86. The van der Waals surface area contributed by atoms with Gasteiger partial charge >= 0.3 is 0 Å². The lowest BCUT2D eigenvalue weighted by Crippen LogP contribution is -2.47. The van der Waals surface area contributed by atoms with Crippen LogP contribution in [0.4, 0.5) is 5.69 Å². The summed E-state index contributed by atoms with van der Waals surface area (Å²) in [7, 11) is 2.13. The predicted octanol–water partition coefficient (Wildman–Crippen LogP) is 1.96. The molecule has 2 unspecified atom stereocenters. The van der Waals surface area contributed by atoms with Crippen molar-refractivity contribution in [1.29, 1.82) is 0 Å². The zero-order valence-corrected chi connectivity index (χ0v) is 12.5. The molecule has 4 N–H and O–H groups in total. The molecule has 5 nitrogen and oxygen atoms in total. The molecule has 1 aliphatic heterocycles. The molecule has 2 atom stereocenters. The first kappa shape index (κ1) is 13.9. The minimum absolute atomic E-state index is 0.0356. The molecule has 0 spiro atoms. The van der Waals surface area contributed by atoms with Crippen LogP contribution in [0.3, 0.4) is 0 Å². The number of piperidine rings is 1. The van der Waals surface area contributed by atoms with E-state index in [-0.39, 0.29) is 11.9 Å². The Balaban J connectivity index is 1.72. The van der Waals surface area contributed by atoms with Crippen molar-refractivity contribution in [3.63, 3.8) is 0 Å². The zero-order valence-electron chi connectivity index (χ0n) is 12.5. The van der Waals surface area contributed by atoms with Crippen LogP contribution in [0.2, 0.25) is 0 Å². The lowest BCUT2D eigenvalue weighted by atomic mass is 9.99. The number of rotatable bonds is 2. The number of hydrogen-bond acceptors (Lipinski definition) is 3. The van der Waals surface area contributed by atoms with E-state index >= 15 is 0 Å². The summed E-state index contributed by atoms with van der Waals surface area (Å²) in [5, 5.41) is 4.10. The quantitative estimate of drug-likeness (QED) is 0.739. The monoisotopic (exact) mass is 286 g/mol. The summed E-state index contributed by atoms with van der Waals surface area (Å²) in [4.78, 5) is 17.9. The van der Waals surface area contributed by atoms with Crippen molar-refractivity contribution in [2.45, 2.75) is 31.8 Å². The summed E-state index contributed by atoms with van der Waals surface area (Å²) in [6.07, 6.45) is 2.00. The fraction of sp³-hybridized carbons (Fsp3) is 0.438. The van der Waals surface area contributed by atoms with E-state index in [1.165, 1.54) is 0 Å². The molecule has 0 radical (unpaired) electrons. The number of nitrogens with one attached hydrogen (secondary N) is 2. The maximum atomic E-state index is 12.4. The van der Waals surface area contributed by atoms with Crippen molar-refractivity contribution in [3.05, 3.63) is 30.0 Å². The van der Waals surface area contributed by atoms with Gasteiger partial charge in [0.15, 0.2) is 0 Å². The molecule has 112 valence electrons. The standard InChI is InChI=1S/C16H22N4O/c1-10-7-13(5-6-20(10)2)18-16(21)15-9-11-8-12(17)3-4-14(11)19-15/h3-4,8-10,13,19H,5-7,17H2,1-2H3,(H,18,21). The fourth-order valence-corrected chi connectivity index (χ4v) is 2.96. The van der Waals surface area contributed by atoms with Crippen LogP contribution < -0.4 is 11.1 Å². The van der Waals surface area contributed by atoms with Gasteiger partial charge in [-0.05, 0) is 51.1 Å². The predicted molar refractivity (Wildman–Crippen MR) is 85.3 cm³/mol. The minimum atomic E-state index is -0.0356. The highest BCUT2D eigenvalue weighted by Crippen LogP contribution is 2.19. The zero-order chi connectivity index (χ0) is 15.0. The Kier molecular flexibility index (Phi) is 3.59. The number of nitrogen functional groups attached to an aromatic ring is 1. The third-order valence-electron chi connectivity index (χ3n) is 4.43. The van der Waals surface area contributed by atoms with E-state index in [0.29, 0.717) is 17.4 Å². The van der Waals surface area contributed by atoms with Crippen LogP contribution in [0, 0.1) is 0 Å². The van der Waals surface area contributed by atoms with Gasteiger partial charge in [0.05, 0.1) is 0 Å². The van der Waals surface area contributed by atoms with Gasteiger partial charge in [-0.2, -0.15) is 0 Å². The maximum absolute atomic E-state index is 12.4. The van der Waals surface area contributed by atoms with Crippen molar-refractivity contribution in [2.75, 3.05) is 19.3 Å². The number of carbonyl (C=O) groups is 1. The Morgan fingerprint density at radius 3 is 3.00 bits per heavy atom. The van der Waals surface area contributed by atoms with E-state index < -0.39 is 0 Å². The number of benzene rings is 1. The molecule has 3 rings (SSSR count). The van der Waals surface area contributed by atoms with Gasteiger partial charge in [-0.25, -0.2) is 0 Å². The van der Waals surface area contributed by atoms with Crippen molar-refractivity contribution < 1.29 is 4.79 Å². The minimum Gasteiger partial charge on any atom is -0.399 e. The van der Waals surface area contributed by atoms with Crippen molar-refractivity contribution >= 4 is 22.5 Å². The molecule has 1 aromatic heterocycles. The Hall–Kier alpha value is -2.01. The van der Waals surface area contributed by atoms with Crippen LogP contribution in [0.5, 0.6) is 0 Å². The molecule has 0 bridgehead atoms. The molecule has 1 saturated heterocycles. The third-order valence-corrected chi connectivity index (χ3v) is 4.43. The molecule has 1 aromatic carbocycles. The van der Waals surface area contributed by atoms with Crippen molar-refractivity contribution in [1.82, 2.24) is 15.2 Å². The Labute approximate surface area is 124 Å². The molecule has 1 amide bonds. The molecule has 2 aromatic rings. The maximum Gasteiger partial charge on any atom is 0.267 e. The van der Waals surface area contributed by atoms with Gasteiger partial charge in [0.1, 0.15) is 5.69 Å². The second-order valence-electron chi connectivity index (χ2n) is 6.05. The second kappa shape index (κ2) is 5.41. The average molecular weight is 286 g/mol. The normalized spacial score (nSPS) is 23.3. The van der Waals surface area contributed by atoms with E-state index in [1.54, 1.807) is 0 Å². The van der Waals surface area contributed by atoms with Crippen LogP contribution in [0.1, 0.15) is 30.3 Å². The number of nitrogens with two attached hydrogens (primary N) is 1. The van der Waals surface area contributed by atoms with E-state index in [2.05, 4.69) is 29.2 Å². The van der Waals surface area contributed by atoms with Crippen LogP contribution in [0.15, 0.2) is 24.3 Å². The molecule has 0 saturated carbocycles. The summed E-state index contributed by atoms with van der Waals surface area (Å²) >= 11 is 0. The summed E-state index contributed by atoms with van der Waals surface area (Å²) in [6, 6.07) is 8.23. The molecule has 1 aliphatic rings. The van der Waals surface area contributed by atoms with Gasteiger partial charge in [-0.1, -0.05) is 0 Å². The lowest BCUT2D eigenvalue weighted by Gasteiger charge is -2.35. The van der Waals surface area contributed by atoms with E-state index in [4.69, 9.17) is 5.73 Å². The summed E-state index contributed by atoms with van der Waals surface area (Å²) in [5.41, 5.74) is 8.01. The van der Waals surface area contributed by atoms with E-state index in [1.807, 2.05) is 24.3 Å². The molecule has 2 heterocycles. The van der Waals surface area contributed by atoms with Crippen molar-refractivity contribution in [2.24, 2.45) is 0 Å². The highest BCUT2D eigenvalue weighted by atomic mass is 16.1. The highest BCUT2D eigenvalue weighted by molar-refractivity contribution is 5.98. The van der Waals surface area contributed by atoms with Gasteiger partial charge < -0.3 is 20.9 Å². The number of fused-ring (bicyclic) bond motifs is 1. The number of anilines is 1. The third kappa shape index (κ3) is 2.88. The SMILES string of the molecule is CC1CC(NC(=O)c2cc3cc(N)ccc3[nH]2)CCN1C. The van der Waals surface area contributed by atoms with Gasteiger partial charge in [0, 0.05) is 35.2 Å². The molecule has 5 heteroatoms. The number of aromatic amines is 1. The lowest BCUT2D eigenvalue weighted by molar-refractivity contribution is 0.0892. The Bertz CT molecular complexity index is 663. The first-order valence-electron chi connectivity index (χ1n) is 7.42. The number of carbonyl (C=O) groups excluding carboxylic acids is 1.